The zero-order chi connectivity index (χ0) is 23.0. The van der Waals surface area contributed by atoms with E-state index in [1.165, 1.54) is 54.9 Å². The maximum atomic E-state index is 5.00. The summed E-state index contributed by atoms with van der Waals surface area (Å²) in [7, 11) is 0. The summed E-state index contributed by atoms with van der Waals surface area (Å²) in [6, 6.07) is 29.1. The van der Waals surface area contributed by atoms with Crippen molar-refractivity contribution in [3.63, 3.8) is 0 Å². The van der Waals surface area contributed by atoms with Gasteiger partial charge in [-0.15, -0.1) is 0 Å². The first-order chi connectivity index (χ1) is 15.8. The summed E-state index contributed by atoms with van der Waals surface area (Å²) in [5, 5.41) is 5.16. The lowest BCUT2D eigenvalue weighted by Crippen LogP contribution is -2.17. The molecule has 0 fully saturated rings. The van der Waals surface area contributed by atoms with Crippen LogP contribution < -0.4 is 0 Å². The Kier molecular flexibility index (Phi) is 4.14. The fourth-order valence-electron chi connectivity index (χ4n) is 5.68. The van der Waals surface area contributed by atoms with Gasteiger partial charge in [0.1, 0.15) is 0 Å². The summed E-state index contributed by atoms with van der Waals surface area (Å²) in [6.07, 6.45) is 1.99. The molecule has 0 bridgehead atoms. The number of hydrogen-bond acceptors (Lipinski definition) is 1. The Morgan fingerprint density at radius 2 is 1.48 bits per heavy atom. The molecule has 1 aliphatic rings. The van der Waals surface area contributed by atoms with E-state index in [1.807, 2.05) is 6.20 Å². The van der Waals surface area contributed by atoms with E-state index in [4.69, 9.17) is 4.98 Å². The molecule has 0 amide bonds. The van der Waals surface area contributed by atoms with Crippen LogP contribution in [-0.4, -0.2) is 4.98 Å². The molecule has 1 heteroatoms. The summed E-state index contributed by atoms with van der Waals surface area (Å²) in [5.74, 6) is 0. The van der Waals surface area contributed by atoms with Gasteiger partial charge < -0.3 is 0 Å². The smallest absolute Gasteiger partial charge is 0.0755 e. The van der Waals surface area contributed by atoms with Crippen molar-refractivity contribution >= 4 is 21.5 Å². The standard InChI is InChI=1S/C32H29N/c1-31(2,3)22-14-15-23-21(19-22)10-8-12-25(23)30-29-26(17-18-33-30)28-24-11-7-6-9-20(24)13-16-27(28)32(29,4)5/h6-19H,1-5H3. The molecule has 1 nitrogen and oxygen atoms in total. The van der Waals surface area contributed by atoms with Crippen LogP contribution in [0.15, 0.2) is 85.1 Å². The van der Waals surface area contributed by atoms with Crippen LogP contribution in [-0.2, 0) is 10.8 Å². The fourth-order valence-corrected chi connectivity index (χ4v) is 5.68. The maximum absolute atomic E-state index is 5.00. The van der Waals surface area contributed by atoms with Crippen molar-refractivity contribution in [1.29, 1.82) is 0 Å². The fraction of sp³-hybridized carbons (Fsp3) is 0.219. The summed E-state index contributed by atoms with van der Waals surface area (Å²) in [5.41, 5.74) is 9.10. The SMILES string of the molecule is CC(C)(C)c1ccc2c(-c3nccc4c3C(C)(C)c3ccc5ccccc5c3-4)cccc2c1. The van der Waals surface area contributed by atoms with Crippen molar-refractivity contribution in [1.82, 2.24) is 4.98 Å². The van der Waals surface area contributed by atoms with Crippen molar-refractivity contribution in [2.24, 2.45) is 0 Å². The molecule has 0 aliphatic heterocycles. The molecule has 0 saturated heterocycles. The van der Waals surface area contributed by atoms with Gasteiger partial charge in [-0.2, -0.15) is 0 Å². The van der Waals surface area contributed by atoms with Crippen molar-refractivity contribution in [3.8, 4) is 22.4 Å². The maximum Gasteiger partial charge on any atom is 0.0755 e. The molecule has 1 aliphatic carbocycles. The molecule has 162 valence electrons. The van der Waals surface area contributed by atoms with Crippen molar-refractivity contribution in [3.05, 3.63) is 102 Å². The molecule has 4 aromatic carbocycles. The van der Waals surface area contributed by atoms with Crippen LogP contribution in [0.2, 0.25) is 0 Å². The summed E-state index contributed by atoms with van der Waals surface area (Å²) >= 11 is 0. The first-order valence-corrected chi connectivity index (χ1v) is 11.8. The first kappa shape index (κ1) is 20.2. The molecule has 0 saturated carbocycles. The Bertz CT molecular complexity index is 1560. The number of fused-ring (bicyclic) bond motifs is 6. The predicted octanol–water partition coefficient (Wildman–Crippen LogP) is 8.66. The average Bonchev–Trinajstić information content (AvgIpc) is 3.05. The van der Waals surface area contributed by atoms with Crippen LogP contribution in [0.1, 0.15) is 51.3 Å². The quantitative estimate of drug-likeness (QED) is 0.261. The number of rotatable bonds is 1. The minimum Gasteiger partial charge on any atom is -0.256 e. The van der Waals surface area contributed by atoms with E-state index in [0.29, 0.717) is 0 Å². The highest BCUT2D eigenvalue weighted by atomic mass is 14.7. The molecule has 0 atom stereocenters. The lowest BCUT2D eigenvalue weighted by molar-refractivity contribution is 0.591. The average molecular weight is 428 g/mol. The number of pyridine rings is 1. The van der Waals surface area contributed by atoms with Gasteiger partial charge in [0, 0.05) is 17.2 Å². The van der Waals surface area contributed by atoms with Crippen LogP contribution in [0, 0.1) is 0 Å². The highest BCUT2D eigenvalue weighted by Gasteiger charge is 2.39. The molecular weight excluding hydrogens is 398 g/mol. The third-order valence-corrected chi connectivity index (χ3v) is 7.45. The van der Waals surface area contributed by atoms with Gasteiger partial charge in [0.15, 0.2) is 0 Å². The van der Waals surface area contributed by atoms with E-state index in [9.17, 15) is 0 Å². The van der Waals surface area contributed by atoms with E-state index in [-0.39, 0.29) is 10.8 Å². The lowest BCUT2D eigenvalue weighted by atomic mass is 9.79. The van der Waals surface area contributed by atoms with Crippen molar-refractivity contribution in [2.75, 3.05) is 0 Å². The summed E-state index contributed by atoms with van der Waals surface area (Å²) in [6.45, 7) is 11.5. The van der Waals surface area contributed by atoms with Gasteiger partial charge in [-0.3, -0.25) is 4.98 Å². The van der Waals surface area contributed by atoms with E-state index in [1.54, 1.807) is 0 Å². The Morgan fingerprint density at radius 1 is 0.697 bits per heavy atom. The predicted molar refractivity (Wildman–Crippen MR) is 141 cm³/mol. The molecule has 1 aromatic heterocycles. The van der Waals surface area contributed by atoms with Gasteiger partial charge in [0.05, 0.1) is 5.69 Å². The largest absolute Gasteiger partial charge is 0.256 e. The van der Waals surface area contributed by atoms with Gasteiger partial charge in [0.2, 0.25) is 0 Å². The second-order valence-corrected chi connectivity index (χ2v) is 10.9. The van der Waals surface area contributed by atoms with Gasteiger partial charge in [-0.25, -0.2) is 0 Å². The van der Waals surface area contributed by atoms with Gasteiger partial charge >= 0.3 is 0 Å². The molecule has 0 unspecified atom stereocenters. The number of benzene rings is 4. The Hall–Kier alpha value is -3.45. The molecule has 6 rings (SSSR count). The monoisotopic (exact) mass is 427 g/mol. The number of nitrogens with zero attached hydrogens (tertiary/aromatic N) is 1. The van der Waals surface area contributed by atoms with E-state index >= 15 is 0 Å². The molecule has 5 aromatic rings. The summed E-state index contributed by atoms with van der Waals surface area (Å²) < 4.78 is 0. The highest BCUT2D eigenvalue weighted by Crippen LogP contribution is 2.54. The van der Waals surface area contributed by atoms with E-state index in [2.05, 4.69) is 113 Å². The molecule has 0 N–H and O–H groups in total. The zero-order valence-electron chi connectivity index (χ0n) is 20.0. The second kappa shape index (κ2) is 6.78. The molecule has 1 heterocycles. The molecular formula is C32H29N. The van der Waals surface area contributed by atoms with Gasteiger partial charge in [-0.1, -0.05) is 107 Å². The molecule has 33 heavy (non-hydrogen) atoms. The Labute approximate surface area is 196 Å². The van der Waals surface area contributed by atoms with Crippen LogP contribution in [0.25, 0.3) is 43.9 Å². The minimum atomic E-state index is -0.119. The van der Waals surface area contributed by atoms with Crippen molar-refractivity contribution < 1.29 is 0 Å². The van der Waals surface area contributed by atoms with Crippen LogP contribution in [0.5, 0.6) is 0 Å². The minimum absolute atomic E-state index is 0.119. The Morgan fingerprint density at radius 3 is 2.30 bits per heavy atom. The second-order valence-electron chi connectivity index (χ2n) is 10.9. The van der Waals surface area contributed by atoms with E-state index in [0.717, 1.165) is 5.69 Å². The third kappa shape index (κ3) is 2.88. The van der Waals surface area contributed by atoms with E-state index < -0.39 is 0 Å². The topological polar surface area (TPSA) is 12.9 Å². The van der Waals surface area contributed by atoms with Gasteiger partial charge in [-0.05, 0) is 60.8 Å². The molecule has 0 spiro atoms. The first-order valence-electron chi connectivity index (χ1n) is 11.8. The van der Waals surface area contributed by atoms with Crippen molar-refractivity contribution in [2.45, 2.75) is 45.4 Å². The summed E-state index contributed by atoms with van der Waals surface area (Å²) in [4.78, 5) is 5.00. The van der Waals surface area contributed by atoms with Crippen LogP contribution in [0.3, 0.4) is 0 Å². The Balaban J connectivity index is 1.65. The number of hydrogen-bond donors (Lipinski definition) is 0. The van der Waals surface area contributed by atoms with Gasteiger partial charge in [0.25, 0.3) is 0 Å². The van der Waals surface area contributed by atoms with Crippen LogP contribution >= 0.6 is 0 Å². The third-order valence-electron chi connectivity index (χ3n) is 7.45. The lowest BCUT2D eigenvalue weighted by Gasteiger charge is -2.24. The zero-order valence-corrected chi connectivity index (χ0v) is 20.0. The number of aromatic nitrogens is 1. The highest BCUT2D eigenvalue weighted by molar-refractivity contribution is 6.05. The normalized spacial score (nSPS) is 14.5. The molecule has 0 radical (unpaired) electrons. The van der Waals surface area contributed by atoms with Crippen LogP contribution in [0.4, 0.5) is 0 Å².